The zero-order valence-electron chi connectivity index (χ0n) is 15.3. The van der Waals surface area contributed by atoms with Gasteiger partial charge in [-0.25, -0.2) is 0 Å². The van der Waals surface area contributed by atoms with Gasteiger partial charge in [-0.2, -0.15) is 11.3 Å². The van der Waals surface area contributed by atoms with Crippen molar-refractivity contribution < 1.29 is 4.79 Å². The summed E-state index contributed by atoms with van der Waals surface area (Å²) in [4.78, 5) is 15.8. The van der Waals surface area contributed by atoms with Crippen molar-refractivity contribution in [3.63, 3.8) is 0 Å². The Morgan fingerprint density at radius 1 is 1.07 bits per heavy atom. The molecular weight excluding hydrogens is 388 g/mol. The van der Waals surface area contributed by atoms with E-state index in [2.05, 4.69) is 33.9 Å². The Balaban J connectivity index is 1.55. The van der Waals surface area contributed by atoms with Crippen LogP contribution in [0, 0.1) is 0 Å². The van der Waals surface area contributed by atoms with Crippen molar-refractivity contribution in [1.82, 2.24) is 10.3 Å². The van der Waals surface area contributed by atoms with Crippen LogP contribution in [0.2, 0.25) is 5.02 Å². The maximum atomic E-state index is 12.4. The van der Waals surface area contributed by atoms with Crippen LogP contribution in [0.25, 0.3) is 10.9 Å². The highest BCUT2D eigenvalue weighted by Gasteiger charge is 2.21. The van der Waals surface area contributed by atoms with Gasteiger partial charge < -0.3 is 10.3 Å². The Hall–Kier alpha value is -2.56. The molecule has 2 aromatic heterocycles. The summed E-state index contributed by atoms with van der Waals surface area (Å²) in [5.74, 6) is 0.0399. The standard InChI is InChI=1S/C23H21ClN2OS/c24-21-7-3-1-5-17(21)19(20-13-25-22-8-4-2-6-18(20)22)14-26-23(27)10-9-16-11-12-28-15-16/h1-8,11-13,15,19,25H,9-10,14H2,(H,26,27). The van der Waals surface area contributed by atoms with Crippen LogP contribution in [-0.4, -0.2) is 17.4 Å². The van der Waals surface area contributed by atoms with Crippen molar-refractivity contribution in [1.29, 1.82) is 0 Å². The second kappa shape index (κ2) is 8.63. The molecule has 2 aromatic carbocycles. The van der Waals surface area contributed by atoms with Crippen molar-refractivity contribution in [3.8, 4) is 0 Å². The first-order valence-corrected chi connectivity index (χ1v) is 10.6. The maximum absolute atomic E-state index is 12.4. The highest BCUT2D eigenvalue weighted by Crippen LogP contribution is 2.34. The molecule has 142 valence electrons. The minimum absolute atomic E-state index is 0.0186. The molecule has 4 aromatic rings. The van der Waals surface area contributed by atoms with Crippen molar-refractivity contribution in [2.45, 2.75) is 18.8 Å². The summed E-state index contributed by atoms with van der Waals surface area (Å²) in [6.07, 6.45) is 3.27. The molecule has 28 heavy (non-hydrogen) atoms. The van der Waals surface area contributed by atoms with Gasteiger partial charge in [-0.15, -0.1) is 0 Å². The third-order valence-corrected chi connectivity index (χ3v) is 6.08. The van der Waals surface area contributed by atoms with E-state index in [-0.39, 0.29) is 11.8 Å². The average Bonchev–Trinajstić information content (AvgIpc) is 3.38. The van der Waals surface area contributed by atoms with E-state index in [9.17, 15) is 4.79 Å². The molecule has 1 unspecified atom stereocenters. The second-order valence-corrected chi connectivity index (χ2v) is 7.99. The van der Waals surface area contributed by atoms with E-state index < -0.39 is 0 Å². The average molecular weight is 409 g/mol. The van der Waals surface area contributed by atoms with Crippen LogP contribution >= 0.6 is 22.9 Å². The summed E-state index contributed by atoms with van der Waals surface area (Å²) in [5.41, 5.74) is 4.45. The molecule has 3 nitrogen and oxygen atoms in total. The number of carbonyl (C=O) groups is 1. The van der Waals surface area contributed by atoms with Gasteiger partial charge in [-0.1, -0.05) is 48.0 Å². The lowest BCUT2D eigenvalue weighted by Crippen LogP contribution is -2.29. The van der Waals surface area contributed by atoms with Gasteiger partial charge in [-0.3, -0.25) is 4.79 Å². The molecule has 2 N–H and O–H groups in total. The number of carbonyl (C=O) groups excluding carboxylic acids is 1. The molecule has 0 fully saturated rings. The minimum atomic E-state index is -0.0186. The van der Waals surface area contributed by atoms with Gasteiger partial charge in [0.2, 0.25) is 5.91 Å². The first-order chi connectivity index (χ1) is 13.7. The van der Waals surface area contributed by atoms with E-state index in [0.29, 0.717) is 18.0 Å². The van der Waals surface area contributed by atoms with Crippen LogP contribution in [0.1, 0.15) is 29.0 Å². The molecule has 0 spiro atoms. The molecule has 0 radical (unpaired) electrons. The van der Waals surface area contributed by atoms with Gasteiger partial charge in [0.05, 0.1) is 0 Å². The van der Waals surface area contributed by atoms with Crippen LogP contribution in [0.5, 0.6) is 0 Å². The largest absolute Gasteiger partial charge is 0.361 e. The topological polar surface area (TPSA) is 44.9 Å². The van der Waals surface area contributed by atoms with E-state index in [1.165, 1.54) is 5.56 Å². The summed E-state index contributed by atoms with van der Waals surface area (Å²) in [7, 11) is 0. The number of nitrogens with one attached hydrogen (secondary N) is 2. The predicted molar refractivity (Wildman–Crippen MR) is 117 cm³/mol. The smallest absolute Gasteiger partial charge is 0.220 e. The van der Waals surface area contributed by atoms with Gasteiger partial charge in [0.15, 0.2) is 0 Å². The third kappa shape index (κ3) is 4.13. The van der Waals surface area contributed by atoms with Crippen LogP contribution in [0.3, 0.4) is 0 Å². The number of halogens is 1. The normalized spacial score (nSPS) is 12.2. The summed E-state index contributed by atoms with van der Waals surface area (Å²) >= 11 is 8.17. The Labute approximate surface area is 173 Å². The van der Waals surface area contributed by atoms with E-state index in [1.54, 1.807) is 11.3 Å². The fraction of sp³-hybridized carbons (Fsp3) is 0.174. The third-order valence-electron chi connectivity index (χ3n) is 5.00. The van der Waals surface area contributed by atoms with E-state index >= 15 is 0 Å². The number of hydrogen-bond acceptors (Lipinski definition) is 2. The first-order valence-electron chi connectivity index (χ1n) is 9.30. The number of rotatable bonds is 7. The van der Waals surface area contributed by atoms with Gasteiger partial charge in [0, 0.05) is 41.0 Å². The summed E-state index contributed by atoms with van der Waals surface area (Å²) < 4.78 is 0. The molecule has 0 saturated carbocycles. The van der Waals surface area contributed by atoms with E-state index in [0.717, 1.165) is 28.5 Å². The molecule has 0 aliphatic heterocycles. The molecule has 0 aliphatic rings. The monoisotopic (exact) mass is 408 g/mol. The van der Waals surface area contributed by atoms with Crippen LogP contribution in [0.4, 0.5) is 0 Å². The van der Waals surface area contributed by atoms with Crippen molar-refractivity contribution in [2.75, 3.05) is 6.54 Å². The molecular formula is C23H21ClN2OS. The number of aryl methyl sites for hydroxylation is 1. The zero-order valence-corrected chi connectivity index (χ0v) is 16.9. The van der Waals surface area contributed by atoms with Gasteiger partial charge in [-0.05, 0) is 52.1 Å². The molecule has 2 heterocycles. The second-order valence-electron chi connectivity index (χ2n) is 6.80. The number of aromatic amines is 1. The highest BCUT2D eigenvalue weighted by molar-refractivity contribution is 7.07. The SMILES string of the molecule is O=C(CCc1ccsc1)NCC(c1ccccc1Cl)c1c[nH]c2ccccc12. The summed E-state index contributed by atoms with van der Waals surface area (Å²) in [6, 6.07) is 18.1. The Kier molecular flexibility index (Phi) is 5.79. The fourth-order valence-corrected chi connectivity index (χ4v) is 4.50. The Morgan fingerprint density at radius 3 is 2.71 bits per heavy atom. The van der Waals surface area contributed by atoms with E-state index in [4.69, 9.17) is 11.6 Å². The maximum Gasteiger partial charge on any atom is 0.220 e. The van der Waals surface area contributed by atoms with Crippen LogP contribution in [-0.2, 0) is 11.2 Å². The number of H-pyrrole nitrogens is 1. The molecule has 5 heteroatoms. The first kappa shape index (κ1) is 18.8. The minimum Gasteiger partial charge on any atom is -0.361 e. The van der Waals surface area contributed by atoms with Crippen LogP contribution in [0.15, 0.2) is 71.6 Å². The zero-order chi connectivity index (χ0) is 19.3. The van der Waals surface area contributed by atoms with Crippen molar-refractivity contribution >= 4 is 39.7 Å². The van der Waals surface area contributed by atoms with Gasteiger partial charge in [0.25, 0.3) is 0 Å². The molecule has 1 amide bonds. The quantitative estimate of drug-likeness (QED) is 0.401. The van der Waals surface area contributed by atoms with Gasteiger partial charge >= 0.3 is 0 Å². The number of benzene rings is 2. The lowest BCUT2D eigenvalue weighted by atomic mass is 9.90. The van der Waals surface area contributed by atoms with Crippen molar-refractivity contribution in [3.05, 3.63) is 93.3 Å². The Morgan fingerprint density at radius 2 is 1.89 bits per heavy atom. The van der Waals surface area contributed by atoms with E-state index in [1.807, 2.05) is 48.0 Å². The number of hydrogen-bond donors (Lipinski definition) is 2. The number of thiophene rings is 1. The predicted octanol–water partition coefficient (Wildman–Crippen LogP) is 5.76. The summed E-state index contributed by atoms with van der Waals surface area (Å²) in [5, 5.41) is 9.11. The lowest BCUT2D eigenvalue weighted by molar-refractivity contribution is -0.121. The van der Waals surface area contributed by atoms with Gasteiger partial charge in [0.1, 0.15) is 0 Å². The number of amides is 1. The lowest BCUT2D eigenvalue weighted by Gasteiger charge is -2.19. The molecule has 4 rings (SSSR count). The van der Waals surface area contributed by atoms with Crippen LogP contribution < -0.4 is 5.32 Å². The molecule has 0 saturated heterocycles. The number of fused-ring (bicyclic) bond motifs is 1. The molecule has 1 atom stereocenters. The highest BCUT2D eigenvalue weighted by atomic mass is 35.5. The summed E-state index contributed by atoms with van der Waals surface area (Å²) in [6.45, 7) is 0.508. The van der Waals surface area contributed by atoms with Crippen molar-refractivity contribution in [2.24, 2.45) is 0 Å². The fourth-order valence-electron chi connectivity index (χ4n) is 3.52. The number of para-hydroxylation sites is 1. The number of aromatic nitrogens is 1. The Bertz CT molecular complexity index is 1070. The molecule has 0 bridgehead atoms. The molecule has 0 aliphatic carbocycles.